The number of rotatable bonds is 4. The fourth-order valence-corrected chi connectivity index (χ4v) is 1.53. The maximum absolute atomic E-state index is 10.8. The summed E-state index contributed by atoms with van der Waals surface area (Å²) in [5, 5.41) is 2.75. The summed E-state index contributed by atoms with van der Waals surface area (Å²) in [6.07, 6.45) is 0. The van der Waals surface area contributed by atoms with Gasteiger partial charge in [0.1, 0.15) is 11.5 Å². The van der Waals surface area contributed by atoms with Gasteiger partial charge in [-0.15, -0.1) is 0 Å². The van der Waals surface area contributed by atoms with Gasteiger partial charge in [0.2, 0.25) is 5.91 Å². The summed E-state index contributed by atoms with van der Waals surface area (Å²) in [6.45, 7) is 2.05. The summed E-state index contributed by atoms with van der Waals surface area (Å²) in [5.74, 6) is 1.57. The van der Waals surface area contributed by atoms with Crippen LogP contribution in [0.2, 0.25) is 0 Å². The second kappa shape index (κ2) is 5.87. The molecule has 0 heterocycles. The van der Waals surface area contributed by atoms with Gasteiger partial charge in [-0.2, -0.15) is 0 Å². The van der Waals surface area contributed by atoms with Gasteiger partial charge in [0, 0.05) is 13.5 Å². The van der Waals surface area contributed by atoms with Crippen molar-refractivity contribution in [2.45, 2.75) is 13.5 Å². The number of carbonyl (C=O) groups excluding carboxylic acids is 1. The van der Waals surface area contributed by atoms with Crippen LogP contribution >= 0.6 is 0 Å². The van der Waals surface area contributed by atoms with Gasteiger partial charge in [-0.1, -0.05) is 30.3 Å². The lowest BCUT2D eigenvalue weighted by molar-refractivity contribution is -0.119. The molecule has 0 spiro atoms. The Morgan fingerprint density at radius 3 is 2.22 bits per heavy atom. The highest BCUT2D eigenvalue weighted by Gasteiger charge is 1.98. The molecule has 0 saturated heterocycles. The molecule has 0 atom stereocenters. The maximum atomic E-state index is 10.8. The van der Waals surface area contributed by atoms with E-state index in [4.69, 9.17) is 4.74 Å². The molecule has 2 rings (SSSR count). The summed E-state index contributed by atoms with van der Waals surface area (Å²) in [6, 6.07) is 17.3. The Morgan fingerprint density at radius 1 is 1.00 bits per heavy atom. The average molecular weight is 241 g/mol. The van der Waals surface area contributed by atoms with Crippen LogP contribution in [0.5, 0.6) is 11.5 Å². The van der Waals surface area contributed by atoms with Crippen LogP contribution in [0.4, 0.5) is 0 Å². The molecule has 0 aliphatic rings. The Morgan fingerprint density at radius 2 is 1.61 bits per heavy atom. The third kappa shape index (κ3) is 3.63. The van der Waals surface area contributed by atoms with Crippen molar-refractivity contribution >= 4 is 5.91 Å². The predicted octanol–water partition coefficient (Wildman–Crippen LogP) is 3.12. The van der Waals surface area contributed by atoms with E-state index < -0.39 is 0 Å². The second-order valence-electron chi connectivity index (χ2n) is 3.97. The molecule has 0 aliphatic heterocycles. The van der Waals surface area contributed by atoms with Gasteiger partial charge in [0.15, 0.2) is 0 Å². The minimum atomic E-state index is -0.0281. The second-order valence-corrected chi connectivity index (χ2v) is 3.97. The molecule has 0 fully saturated rings. The van der Waals surface area contributed by atoms with Gasteiger partial charge in [-0.3, -0.25) is 4.79 Å². The number of carbonyl (C=O) groups is 1. The maximum Gasteiger partial charge on any atom is 0.217 e. The molecule has 1 N–H and O–H groups in total. The van der Waals surface area contributed by atoms with Crippen LogP contribution < -0.4 is 10.1 Å². The quantitative estimate of drug-likeness (QED) is 0.893. The van der Waals surface area contributed by atoms with E-state index in [1.807, 2.05) is 54.6 Å². The van der Waals surface area contributed by atoms with Gasteiger partial charge in [-0.05, 0) is 29.8 Å². The van der Waals surface area contributed by atoms with Crippen molar-refractivity contribution in [1.82, 2.24) is 5.32 Å². The van der Waals surface area contributed by atoms with Crippen molar-refractivity contribution in [2.75, 3.05) is 0 Å². The molecule has 0 aliphatic carbocycles. The number of ether oxygens (including phenoxy) is 1. The minimum absolute atomic E-state index is 0.0281. The molecule has 0 aromatic heterocycles. The highest BCUT2D eigenvalue weighted by Crippen LogP contribution is 2.20. The van der Waals surface area contributed by atoms with Crippen molar-refractivity contribution in [3.05, 3.63) is 60.2 Å². The Bertz CT molecular complexity index is 506. The molecule has 2 aromatic rings. The third-order valence-corrected chi connectivity index (χ3v) is 2.44. The van der Waals surface area contributed by atoms with Crippen molar-refractivity contribution < 1.29 is 9.53 Å². The average Bonchev–Trinajstić information content (AvgIpc) is 2.39. The Hall–Kier alpha value is -2.29. The normalized spacial score (nSPS) is 9.83. The summed E-state index contributed by atoms with van der Waals surface area (Å²) in [7, 11) is 0. The van der Waals surface area contributed by atoms with Crippen LogP contribution in [0.25, 0.3) is 0 Å². The first-order valence-electron chi connectivity index (χ1n) is 5.80. The SMILES string of the molecule is CC(=O)NCc1ccc(Oc2ccccc2)cc1. The van der Waals surface area contributed by atoms with Gasteiger partial charge < -0.3 is 10.1 Å². The van der Waals surface area contributed by atoms with E-state index >= 15 is 0 Å². The molecule has 92 valence electrons. The van der Waals surface area contributed by atoms with Gasteiger partial charge in [0.25, 0.3) is 0 Å². The van der Waals surface area contributed by atoms with Crippen molar-refractivity contribution in [3.8, 4) is 11.5 Å². The van der Waals surface area contributed by atoms with E-state index in [1.54, 1.807) is 0 Å². The molecule has 0 radical (unpaired) electrons. The zero-order valence-corrected chi connectivity index (χ0v) is 10.2. The Kier molecular flexibility index (Phi) is 3.97. The fourth-order valence-electron chi connectivity index (χ4n) is 1.53. The van der Waals surface area contributed by atoms with Crippen LogP contribution in [0, 0.1) is 0 Å². The number of benzene rings is 2. The lowest BCUT2D eigenvalue weighted by Gasteiger charge is -2.07. The first-order valence-corrected chi connectivity index (χ1v) is 5.80. The number of hydrogen-bond acceptors (Lipinski definition) is 2. The van der Waals surface area contributed by atoms with E-state index in [9.17, 15) is 4.79 Å². The highest BCUT2D eigenvalue weighted by molar-refractivity contribution is 5.72. The van der Waals surface area contributed by atoms with E-state index in [-0.39, 0.29) is 5.91 Å². The van der Waals surface area contributed by atoms with Gasteiger partial charge >= 0.3 is 0 Å². The summed E-state index contributed by atoms with van der Waals surface area (Å²) in [4.78, 5) is 10.8. The number of nitrogens with one attached hydrogen (secondary N) is 1. The first-order chi connectivity index (χ1) is 8.74. The van der Waals surface area contributed by atoms with Gasteiger partial charge in [0.05, 0.1) is 0 Å². The Labute approximate surface area is 106 Å². The number of para-hydroxylation sites is 1. The summed E-state index contributed by atoms with van der Waals surface area (Å²) < 4.78 is 5.67. The molecule has 0 unspecified atom stereocenters. The lowest BCUT2D eigenvalue weighted by Crippen LogP contribution is -2.18. The minimum Gasteiger partial charge on any atom is -0.457 e. The van der Waals surface area contributed by atoms with Crippen LogP contribution in [0.15, 0.2) is 54.6 Å². The molecule has 2 aromatic carbocycles. The van der Waals surface area contributed by atoms with Crippen LogP contribution in [0.3, 0.4) is 0 Å². The van der Waals surface area contributed by atoms with Crippen LogP contribution in [-0.2, 0) is 11.3 Å². The molecule has 0 saturated carbocycles. The summed E-state index contributed by atoms with van der Waals surface area (Å²) >= 11 is 0. The first kappa shape index (κ1) is 12.2. The molecule has 18 heavy (non-hydrogen) atoms. The lowest BCUT2D eigenvalue weighted by atomic mass is 10.2. The molecule has 3 heteroatoms. The van der Waals surface area contributed by atoms with Crippen molar-refractivity contribution in [3.63, 3.8) is 0 Å². The standard InChI is InChI=1S/C15H15NO2/c1-12(17)16-11-13-7-9-15(10-8-13)18-14-5-3-2-4-6-14/h2-10H,11H2,1H3,(H,16,17). The Balaban J connectivity index is 1.97. The molecular weight excluding hydrogens is 226 g/mol. The largest absolute Gasteiger partial charge is 0.457 e. The molecular formula is C15H15NO2. The summed E-state index contributed by atoms with van der Waals surface area (Å²) in [5.41, 5.74) is 1.05. The van der Waals surface area contributed by atoms with Crippen LogP contribution in [0.1, 0.15) is 12.5 Å². The molecule has 3 nitrogen and oxygen atoms in total. The number of amides is 1. The fraction of sp³-hybridized carbons (Fsp3) is 0.133. The smallest absolute Gasteiger partial charge is 0.217 e. The van der Waals surface area contributed by atoms with E-state index in [0.29, 0.717) is 6.54 Å². The van der Waals surface area contributed by atoms with Gasteiger partial charge in [-0.25, -0.2) is 0 Å². The zero-order valence-electron chi connectivity index (χ0n) is 10.2. The molecule has 0 bridgehead atoms. The predicted molar refractivity (Wildman–Crippen MR) is 70.5 cm³/mol. The van der Waals surface area contributed by atoms with E-state index in [0.717, 1.165) is 17.1 Å². The highest BCUT2D eigenvalue weighted by atomic mass is 16.5. The monoisotopic (exact) mass is 241 g/mol. The van der Waals surface area contributed by atoms with Crippen molar-refractivity contribution in [1.29, 1.82) is 0 Å². The van der Waals surface area contributed by atoms with Crippen LogP contribution in [-0.4, -0.2) is 5.91 Å². The van der Waals surface area contributed by atoms with Crippen molar-refractivity contribution in [2.24, 2.45) is 0 Å². The number of hydrogen-bond donors (Lipinski definition) is 1. The molecule has 1 amide bonds. The van der Waals surface area contributed by atoms with E-state index in [1.165, 1.54) is 6.92 Å². The third-order valence-electron chi connectivity index (χ3n) is 2.44. The van der Waals surface area contributed by atoms with E-state index in [2.05, 4.69) is 5.32 Å². The topological polar surface area (TPSA) is 38.3 Å². The zero-order chi connectivity index (χ0) is 12.8.